The molecular formula is C18H31N3O4. The highest BCUT2D eigenvalue weighted by atomic mass is 16.2. The van der Waals surface area contributed by atoms with Crippen LogP contribution in [0.2, 0.25) is 0 Å². The molecule has 1 aliphatic heterocycles. The van der Waals surface area contributed by atoms with Crippen molar-refractivity contribution < 1.29 is 19.2 Å². The van der Waals surface area contributed by atoms with Crippen LogP contribution in [0.3, 0.4) is 0 Å². The first-order chi connectivity index (χ1) is 11.2. The lowest BCUT2D eigenvalue weighted by atomic mass is 9.80. The number of rotatable bonds is 5. The predicted molar refractivity (Wildman–Crippen MR) is 94.8 cm³/mol. The van der Waals surface area contributed by atoms with Crippen molar-refractivity contribution in [3.05, 3.63) is 0 Å². The number of Topliss-reactive ketones (excluding diaryl/α,β-unsaturated/α-hetero) is 1. The number of ketones is 1. The minimum absolute atomic E-state index is 0.124. The Morgan fingerprint density at radius 3 is 2.00 bits per heavy atom. The number of imide groups is 1. The number of likely N-dealkylation sites (tertiary alicyclic amines) is 1. The molecule has 0 spiro atoms. The fraction of sp³-hybridized carbons (Fsp3) is 0.778. The van der Waals surface area contributed by atoms with Gasteiger partial charge in [0.05, 0.1) is 12.1 Å². The molecule has 0 aromatic rings. The quantitative estimate of drug-likeness (QED) is 0.737. The van der Waals surface area contributed by atoms with Crippen LogP contribution in [-0.4, -0.2) is 47.2 Å². The molecule has 142 valence electrons. The van der Waals surface area contributed by atoms with E-state index in [0.29, 0.717) is 12.8 Å². The number of hydrogen-bond acceptors (Lipinski definition) is 4. The number of piperidine rings is 1. The van der Waals surface area contributed by atoms with E-state index in [0.717, 1.165) is 0 Å². The second kappa shape index (κ2) is 7.54. The van der Waals surface area contributed by atoms with Crippen LogP contribution in [0.5, 0.6) is 0 Å². The van der Waals surface area contributed by atoms with E-state index in [2.05, 4.69) is 10.6 Å². The van der Waals surface area contributed by atoms with Gasteiger partial charge < -0.3 is 10.6 Å². The van der Waals surface area contributed by atoms with E-state index in [1.165, 1.54) is 11.8 Å². The van der Waals surface area contributed by atoms with E-state index in [4.69, 9.17) is 0 Å². The van der Waals surface area contributed by atoms with E-state index < -0.39 is 18.1 Å². The van der Waals surface area contributed by atoms with Gasteiger partial charge >= 0.3 is 6.03 Å². The zero-order valence-corrected chi connectivity index (χ0v) is 16.4. The van der Waals surface area contributed by atoms with Crippen molar-refractivity contribution in [1.29, 1.82) is 0 Å². The Bertz CT molecular complexity index is 543. The van der Waals surface area contributed by atoms with E-state index in [1.54, 1.807) is 6.92 Å². The molecule has 0 radical (unpaired) electrons. The number of hydrogen-bond donors (Lipinski definition) is 2. The van der Waals surface area contributed by atoms with E-state index in [9.17, 15) is 19.2 Å². The molecule has 2 N–H and O–H groups in total. The van der Waals surface area contributed by atoms with Crippen LogP contribution in [0.15, 0.2) is 0 Å². The molecule has 25 heavy (non-hydrogen) atoms. The van der Waals surface area contributed by atoms with Gasteiger partial charge in [-0.25, -0.2) is 4.79 Å². The molecule has 7 heteroatoms. The van der Waals surface area contributed by atoms with Crippen molar-refractivity contribution in [2.45, 2.75) is 73.4 Å². The largest absolute Gasteiger partial charge is 0.333 e. The summed E-state index contributed by atoms with van der Waals surface area (Å²) in [6, 6.07) is -1.51. The van der Waals surface area contributed by atoms with Crippen molar-refractivity contribution in [1.82, 2.24) is 15.5 Å². The topological polar surface area (TPSA) is 95.6 Å². The molecule has 1 rings (SSSR count). The Hall–Kier alpha value is -1.92. The maximum atomic E-state index is 12.4. The van der Waals surface area contributed by atoms with Crippen LogP contribution >= 0.6 is 0 Å². The van der Waals surface area contributed by atoms with Gasteiger partial charge in [0.2, 0.25) is 11.8 Å². The van der Waals surface area contributed by atoms with Crippen molar-refractivity contribution >= 4 is 23.6 Å². The van der Waals surface area contributed by atoms with Gasteiger partial charge in [-0.05, 0) is 24.7 Å². The summed E-state index contributed by atoms with van der Waals surface area (Å²) in [5.41, 5.74) is -0.700. The van der Waals surface area contributed by atoms with Crippen LogP contribution in [0.25, 0.3) is 0 Å². The van der Waals surface area contributed by atoms with Crippen LogP contribution in [0.1, 0.15) is 61.3 Å². The van der Waals surface area contributed by atoms with Gasteiger partial charge in [0.25, 0.3) is 0 Å². The highest BCUT2D eigenvalue weighted by molar-refractivity contribution is 5.98. The van der Waals surface area contributed by atoms with Gasteiger partial charge in [0.15, 0.2) is 5.78 Å². The van der Waals surface area contributed by atoms with Crippen LogP contribution in [-0.2, 0) is 14.4 Å². The number of nitrogens with one attached hydrogen (secondary N) is 2. The standard InChI is InChI=1S/C18H31N3O4/c1-11(12(2)22)19-16(25)20-13(17(3,4)5)10-21-14(23)8-18(6,7)9-15(21)24/h11,13H,8-10H2,1-7H3,(H2,19,20,25)/t11?,13-/m1/s1. The first-order valence-corrected chi connectivity index (χ1v) is 8.63. The predicted octanol–water partition coefficient (Wildman–Crippen LogP) is 1.85. The summed E-state index contributed by atoms with van der Waals surface area (Å²) in [4.78, 5) is 49.4. The molecule has 0 aromatic carbocycles. The number of urea groups is 1. The Morgan fingerprint density at radius 1 is 1.12 bits per heavy atom. The third-order valence-corrected chi connectivity index (χ3v) is 4.53. The third kappa shape index (κ3) is 6.14. The zero-order valence-electron chi connectivity index (χ0n) is 16.4. The molecule has 0 aromatic heterocycles. The number of nitrogens with zero attached hydrogens (tertiary/aromatic N) is 1. The summed E-state index contributed by atoms with van der Waals surface area (Å²) >= 11 is 0. The molecule has 0 saturated carbocycles. The van der Waals surface area contributed by atoms with Crippen LogP contribution in [0.4, 0.5) is 4.79 Å². The first-order valence-electron chi connectivity index (χ1n) is 8.63. The maximum Gasteiger partial charge on any atom is 0.315 e. The highest BCUT2D eigenvalue weighted by Gasteiger charge is 2.40. The van der Waals surface area contributed by atoms with Crippen molar-refractivity contribution in [3.63, 3.8) is 0 Å². The maximum absolute atomic E-state index is 12.4. The first kappa shape index (κ1) is 21.1. The summed E-state index contributed by atoms with van der Waals surface area (Å²) < 4.78 is 0. The number of carbonyl (C=O) groups excluding carboxylic acids is 4. The lowest BCUT2D eigenvalue weighted by Crippen LogP contribution is -2.58. The van der Waals surface area contributed by atoms with Gasteiger partial charge in [0, 0.05) is 19.4 Å². The van der Waals surface area contributed by atoms with E-state index in [-0.39, 0.29) is 35.0 Å². The molecule has 1 heterocycles. The van der Waals surface area contributed by atoms with Crippen molar-refractivity contribution in [3.8, 4) is 0 Å². The van der Waals surface area contributed by atoms with Gasteiger partial charge in [-0.2, -0.15) is 0 Å². The average Bonchev–Trinajstić information content (AvgIpc) is 2.38. The SMILES string of the molecule is CC(=O)C(C)NC(=O)N[C@H](CN1C(=O)CC(C)(C)CC1=O)C(C)(C)C. The minimum atomic E-state index is -0.598. The molecule has 4 amide bonds. The monoisotopic (exact) mass is 353 g/mol. The van der Waals surface area contributed by atoms with E-state index >= 15 is 0 Å². The highest BCUT2D eigenvalue weighted by Crippen LogP contribution is 2.32. The summed E-state index contributed by atoms with van der Waals surface area (Å²) in [5, 5.41) is 5.37. The molecule has 0 aliphatic carbocycles. The Balaban J connectivity index is 2.84. The summed E-state index contributed by atoms with van der Waals surface area (Å²) in [6.45, 7) is 12.7. The Kier molecular flexibility index (Phi) is 6.37. The summed E-state index contributed by atoms with van der Waals surface area (Å²) in [7, 11) is 0. The summed E-state index contributed by atoms with van der Waals surface area (Å²) in [5.74, 6) is -0.573. The Labute approximate surface area is 149 Å². The lowest BCUT2D eigenvalue weighted by molar-refractivity contribution is -0.153. The second-order valence-corrected chi connectivity index (χ2v) is 8.78. The molecule has 1 aliphatic rings. The molecule has 7 nitrogen and oxygen atoms in total. The Morgan fingerprint density at radius 2 is 1.60 bits per heavy atom. The summed E-state index contributed by atoms with van der Waals surface area (Å²) in [6.07, 6.45) is 0.617. The average molecular weight is 353 g/mol. The molecule has 1 unspecified atom stereocenters. The second-order valence-electron chi connectivity index (χ2n) is 8.78. The van der Waals surface area contributed by atoms with Gasteiger partial charge in [-0.1, -0.05) is 34.6 Å². The number of carbonyl (C=O) groups is 4. The molecular weight excluding hydrogens is 322 g/mol. The molecule has 0 bridgehead atoms. The smallest absolute Gasteiger partial charge is 0.315 e. The molecule has 2 atom stereocenters. The van der Waals surface area contributed by atoms with E-state index in [1.807, 2.05) is 34.6 Å². The van der Waals surface area contributed by atoms with Crippen LogP contribution in [0, 0.1) is 10.8 Å². The number of amides is 4. The van der Waals surface area contributed by atoms with Gasteiger partial charge in [-0.3, -0.25) is 19.3 Å². The zero-order chi connectivity index (χ0) is 19.6. The van der Waals surface area contributed by atoms with Gasteiger partial charge in [-0.15, -0.1) is 0 Å². The van der Waals surface area contributed by atoms with Crippen molar-refractivity contribution in [2.24, 2.45) is 10.8 Å². The fourth-order valence-corrected chi connectivity index (χ4v) is 2.63. The van der Waals surface area contributed by atoms with Crippen LogP contribution < -0.4 is 10.6 Å². The molecule has 1 fully saturated rings. The van der Waals surface area contributed by atoms with Crippen molar-refractivity contribution in [2.75, 3.05) is 6.54 Å². The molecule has 1 saturated heterocycles. The van der Waals surface area contributed by atoms with Gasteiger partial charge in [0.1, 0.15) is 0 Å². The fourth-order valence-electron chi connectivity index (χ4n) is 2.63. The minimum Gasteiger partial charge on any atom is -0.333 e. The lowest BCUT2D eigenvalue weighted by Gasteiger charge is -2.39. The normalized spacial score (nSPS) is 20.0. The third-order valence-electron chi connectivity index (χ3n) is 4.53.